The molecule has 16 heavy (non-hydrogen) atoms. The summed E-state index contributed by atoms with van der Waals surface area (Å²) in [5.41, 5.74) is 6.03. The molecule has 0 spiro atoms. The highest BCUT2D eigenvalue weighted by Gasteiger charge is 2.21. The number of aliphatic hydroxyl groups is 1. The first-order valence-corrected chi connectivity index (χ1v) is 4.63. The first-order chi connectivity index (χ1) is 7.65. The second-order valence-electron chi connectivity index (χ2n) is 3.30. The summed E-state index contributed by atoms with van der Waals surface area (Å²) in [6, 6.07) is 3.27. The van der Waals surface area contributed by atoms with Crippen molar-refractivity contribution in [1.29, 1.82) is 0 Å². The van der Waals surface area contributed by atoms with E-state index in [0.29, 0.717) is 5.56 Å². The predicted molar refractivity (Wildman–Crippen MR) is 55.9 cm³/mol. The molecule has 0 aromatic carbocycles. The fourth-order valence-corrected chi connectivity index (χ4v) is 1.59. The molecule has 3 N–H and O–H groups in total. The van der Waals surface area contributed by atoms with Crippen LogP contribution in [0, 0.1) is 10.1 Å². The molecule has 0 aliphatic rings. The number of hydrogen-bond acceptors (Lipinski definition) is 5. The van der Waals surface area contributed by atoms with Crippen LogP contribution in [0.1, 0.15) is 11.7 Å². The molecular weight excluding hydrogens is 212 g/mol. The second-order valence-corrected chi connectivity index (χ2v) is 3.30. The summed E-state index contributed by atoms with van der Waals surface area (Å²) >= 11 is 0. The SMILES string of the molecule is NCC(O)c1cccn2cnc([N+](=O)[O-])c12. The number of imidazole rings is 1. The summed E-state index contributed by atoms with van der Waals surface area (Å²) in [6.45, 7) is 0.00199. The van der Waals surface area contributed by atoms with Gasteiger partial charge in [0, 0.05) is 18.3 Å². The highest BCUT2D eigenvalue weighted by atomic mass is 16.6. The van der Waals surface area contributed by atoms with Crippen LogP contribution in [0.2, 0.25) is 0 Å². The van der Waals surface area contributed by atoms with Crippen molar-refractivity contribution < 1.29 is 10.0 Å². The highest BCUT2D eigenvalue weighted by molar-refractivity contribution is 5.67. The van der Waals surface area contributed by atoms with E-state index in [1.165, 1.54) is 10.7 Å². The third-order valence-corrected chi connectivity index (χ3v) is 2.33. The van der Waals surface area contributed by atoms with Gasteiger partial charge < -0.3 is 21.0 Å². The van der Waals surface area contributed by atoms with E-state index in [1.54, 1.807) is 18.3 Å². The Kier molecular flexibility index (Phi) is 2.55. The van der Waals surface area contributed by atoms with Crippen molar-refractivity contribution in [2.75, 3.05) is 6.54 Å². The molecule has 0 saturated carbocycles. The Hall–Kier alpha value is -1.99. The minimum Gasteiger partial charge on any atom is -0.387 e. The lowest BCUT2D eigenvalue weighted by atomic mass is 10.1. The Labute approximate surface area is 90.3 Å². The van der Waals surface area contributed by atoms with E-state index in [9.17, 15) is 15.2 Å². The number of aliphatic hydroxyl groups excluding tert-OH is 1. The minimum absolute atomic E-state index is 0.00199. The number of aromatic nitrogens is 2. The third kappa shape index (κ3) is 1.51. The van der Waals surface area contributed by atoms with E-state index in [-0.39, 0.29) is 17.9 Å². The molecule has 1 unspecified atom stereocenters. The van der Waals surface area contributed by atoms with E-state index in [1.807, 2.05) is 0 Å². The number of nitrogens with two attached hydrogens (primary N) is 1. The van der Waals surface area contributed by atoms with E-state index < -0.39 is 11.0 Å². The zero-order chi connectivity index (χ0) is 11.7. The fraction of sp³-hybridized carbons (Fsp3) is 0.222. The van der Waals surface area contributed by atoms with Crippen LogP contribution in [0.5, 0.6) is 0 Å². The molecule has 7 heteroatoms. The first kappa shape index (κ1) is 10.5. The van der Waals surface area contributed by atoms with Crippen LogP contribution in [0.15, 0.2) is 24.7 Å². The quantitative estimate of drug-likeness (QED) is 0.571. The number of hydrogen-bond donors (Lipinski definition) is 2. The summed E-state index contributed by atoms with van der Waals surface area (Å²) in [5, 5.41) is 20.4. The van der Waals surface area contributed by atoms with Crippen molar-refractivity contribution in [1.82, 2.24) is 9.38 Å². The lowest BCUT2D eigenvalue weighted by Gasteiger charge is -2.08. The molecular formula is C9H10N4O3. The Balaban J connectivity index is 2.73. The van der Waals surface area contributed by atoms with Crippen LogP contribution >= 0.6 is 0 Å². The molecule has 1 atom stereocenters. The Bertz CT molecular complexity index is 537. The summed E-state index contributed by atoms with van der Waals surface area (Å²) in [4.78, 5) is 13.9. The van der Waals surface area contributed by atoms with Gasteiger partial charge in [0.15, 0.2) is 5.52 Å². The van der Waals surface area contributed by atoms with Crippen LogP contribution in [-0.2, 0) is 0 Å². The largest absolute Gasteiger partial charge is 0.389 e. The molecule has 2 aromatic rings. The maximum absolute atomic E-state index is 10.8. The summed E-state index contributed by atoms with van der Waals surface area (Å²) in [5.74, 6) is -0.275. The minimum atomic E-state index is -0.931. The third-order valence-electron chi connectivity index (χ3n) is 2.33. The molecule has 0 saturated heterocycles. The smallest absolute Gasteiger partial charge is 0.387 e. The van der Waals surface area contributed by atoms with Crippen LogP contribution < -0.4 is 5.73 Å². The van der Waals surface area contributed by atoms with Gasteiger partial charge in [-0.1, -0.05) is 6.07 Å². The van der Waals surface area contributed by atoms with Gasteiger partial charge in [-0.15, -0.1) is 0 Å². The summed E-state index contributed by atoms with van der Waals surface area (Å²) in [7, 11) is 0. The van der Waals surface area contributed by atoms with E-state index >= 15 is 0 Å². The molecule has 2 heterocycles. The molecule has 0 radical (unpaired) electrons. The van der Waals surface area contributed by atoms with E-state index in [2.05, 4.69) is 4.98 Å². The highest BCUT2D eigenvalue weighted by Crippen LogP contribution is 2.25. The zero-order valence-electron chi connectivity index (χ0n) is 8.28. The van der Waals surface area contributed by atoms with Crippen molar-refractivity contribution in [3.8, 4) is 0 Å². The molecule has 2 aromatic heterocycles. The maximum atomic E-state index is 10.8. The zero-order valence-corrected chi connectivity index (χ0v) is 8.28. The van der Waals surface area contributed by atoms with Gasteiger partial charge in [0.1, 0.15) is 0 Å². The number of pyridine rings is 1. The van der Waals surface area contributed by atoms with Crippen LogP contribution in [0.3, 0.4) is 0 Å². The molecule has 0 bridgehead atoms. The van der Waals surface area contributed by atoms with Gasteiger partial charge in [0.05, 0.1) is 6.10 Å². The topological polar surface area (TPSA) is 107 Å². The Morgan fingerprint density at radius 1 is 1.69 bits per heavy atom. The number of rotatable bonds is 3. The van der Waals surface area contributed by atoms with Gasteiger partial charge in [-0.2, -0.15) is 0 Å². The first-order valence-electron chi connectivity index (χ1n) is 4.63. The monoisotopic (exact) mass is 222 g/mol. The number of nitro groups is 1. The summed E-state index contributed by atoms with van der Waals surface area (Å²) in [6.07, 6.45) is 2.03. The van der Waals surface area contributed by atoms with Gasteiger partial charge in [0.25, 0.3) is 0 Å². The fourth-order valence-electron chi connectivity index (χ4n) is 1.59. The van der Waals surface area contributed by atoms with Gasteiger partial charge in [-0.05, 0) is 16.0 Å². The Morgan fingerprint density at radius 2 is 2.44 bits per heavy atom. The van der Waals surface area contributed by atoms with Crippen LogP contribution in [-0.4, -0.2) is 26.0 Å². The van der Waals surface area contributed by atoms with Crippen LogP contribution in [0.4, 0.5) is 5.82 Å². The normalized spacial score (nSPS) is 12.9. The lowest BCUT2D eigenvalue weighted by molar-refractivity contribution is -0.387. The molecule has 7 nitrogen and oxygen atoms in total. The average Bonchev–Trinajstić information content (AvgIpc) is 2.71. The van der Waals surface area contributed by atoms with Crippen LogP contribution in [0.25, 0.3) is 5.52 Å². The van der Waals surface area contributed by atoms with Crippen molar-refractivity contribution in [2.24, 2.45) is 5.73 Å². The molecule has 0 fully saturated rings. The number of nitrogens with zero attached hydrogens (tertiary/aromatic N) is 3. The predicted octanol–water partition coefficient (Wildman–Crippen LogP) is 0.235. The maximum Gasteiger partial charge on any atom is 0.389 e. The lowest BCUT2D eigenvalue weighted by Crippen LogP contribution is -2.12. The molecule has 84 valence electrons. The molecule has 2 rings (SSSR count). The summed E-state index contributed by atoms with van der Waals surface area (Å²) < 4.78 is 1.49. The van der Waals surface area contributed by atoms with Gasteiger partial charge in [0.2, 0.25) is 6.33 Å². The standard InChI is InChI=1S/C9H10N4O3/c10-4-7(14)6-2-1-3-12-5-11-9(8(6)12)13(15)16/h1-3,5,7,14H,4,10H2. The van der Waals surface area contributed by atoms with Crippen molar-refractivity contribution in [3.05, 3.63) is 40.3 Å². The van der Waals surface area contributed by atoms with Crippen molar-refractivity contribution in [3.63, 3.8) is 0 Å². The average molecular weight is 222 g/mol. The van der Waals surface area contributed by atoms with E-state index in [0.717, 1.165) is 0 Å². The van der Waals surface area contributed by atoms with Gasteiger partial charge in [-0.3, -0.25) is 4.40 Å². The Morgan fingerprint density at radius 3 is 3.06 bits per heavy atom. The molecule has 0 aliphatic carbocycles. The van der Waals surface area contributed by atoms with E-state index in [4.69, 9.17) is 5.73 Å². The van der Waals surface area contributed by atoms with Gasteiger partial charge >= 0.3 is 5.82 Å². The second kappa shape index (κ2) is 3.87. The number of fused-ring (bicyclic) bond motifs is 1. The van der Waals surface area contributed by atoms with Gasteiger partial charge in [-0.25, -0.2) is 0 Å². The molecule has 0 amide bonds. The van der Waals surface area contributed by atoms with Crippen molar-refractivity contribution in [2.45, 2.75) is 6.10 Å². The van der Waals surface area contributed by atoms with Crippen molar-refractivity contribution >= 4 is 11.3 Å². The molecule has 0 aliphatic heterocycles.